The maximum Gasteiger partial charge on any atom is 0.308 e. The zero-order valence-corrected chi connectivity index (χ0v) is 10.2. The van der Waals surface area contributed by atoms with E-state index in [1.807, 2.05) is 18.4 Å². The van der Waals surface area contributed by atoms with E-state index in [0.29, 0.717) is 4.88 Å². The summed E-state index contributed by atoms with van der Waals surface area (Å²) in [7, 11) is 0. The van der Waals surface area contributed by atoms with E-state index in [0.717, 1.165) is 5.56 Å². The first kappa shape index (κ1) is 13.2. The minimum absolute atomic E-state index is 0.188. The maximum atomic E-state index is 11.1. The Morgan fingerprint density at radius 1 is 1.56 bits per heavy atom. The molecule has 1 rings (SSSR count). The van der Waals surface area contributed by atoms with Gasteiger partial charge in [-0.05, 0) is 30.9 Å². The quantitative estimate of drug-likeness (QED) is 0.768. The Labute approximate surface area is 98.5 Å². The molecule has 0 fully saturated rings. The van der Waals surface area contributed by atoms with Gasteiger partial charge in [0.2, 0.25) is 0 Å². The highest BCUT2D eigenvalue weighted by Gasteiger charge is 2.24. The fourth-order valence-electron chi connectivity index (χ4n) is 1.36. The second-order valence-electron chi connectivity index (χ2n) is 3.49. The molecule has 1 aromatic heterocycles. The number of rotatable bonds is 5. The molecule has 90 valence electrons. The molecule has 16 heavy (non-hydrogen) atoms. The van der Waals surface area contributed by atoms with Crippen molar-refractivity contribution in [1.82, 2.24) is 0 Å². The molecule has 1 heterocycles. The van der Waals surface area contributed by atoms with Gasteiger partial charge in [0.1, 0.15) is 6.10 Å². The predicted molar refractivity (Wildman–Crippen MR) is 61.3 cm³/mol. The minimum atomic E-state index is -1.11. The van der Waals surface area contributed by atoms with E-state index >= 15 is 0 Å². The summed E-state index contributed by atoms with van der Waals surface area (Å²) in [5, 5.41) is 21.3. The molecule has 1 aromatic rings. The van der Waals surface area contributed by atoms with Crippen LogP contribution >= 0.6 is 11.3 Å². The van der Waals surface area contributed by atoms with Crippen molar-refractivity contribution < 1.29 is 19.7 Å². The summed E-state index contributed by atoms with van der Waals surface area (Å²) in [4.78, 5) is 11.8. The highest BCUT2D eigenvalue weighted by atomic mass is 32.1. The number of hydrogen-bond donors (Lipinski definition) is 2. The van der Waals surface area contributed by atoms with Crippen LogP contribution < -0.4 is 0 Å². The normalized spacial score (nSPS) is 14.5. The van der Waals surface area contributed by atoms with Crippen LogP contribution in [-0.2, 0) is 9.53 Å². The van der Waals surface area contributed by atoms with E-state index in [1.54, 1.807) is 6.92 Å². The van der Waals surface area contributed by atoms with E-state index in [4.69, 9.17) is 4.74 Å². The van der Waals surface area contributed by atoms with E-state index in [-0.39, 0.29) is 13.0 Å². The van der Waals surface area contributed by atoms with Gasteiger partial charge >= 0.3 is 5.97 Å². The second kappa shape index (κ2) is 5.98. The molecule has 2 unspecified atom stereocenters. The fraction of sp³-hybridized carbons (Fsp3) is 0.545. The first-order valence-corrected chi connectivity index (χ1v) is 6.00. The van der Waals surface area contributed by atoms with Gasteiger partial charge in [0.15, 0.2) is 0 Å². The first-order chi connectivity index (χ1) is 7.56. The second-order valence-corrected chi connectivity index (χ2v) is 4.44. The average Bonchev–Trinajstić information content (AvgIpc) is 2.63. The van der Waals surface area contributed by atoms with E-state index in [2.05, 4.69) is 0 Å². The number of esters is 1. The Balaban J connectivity index is 2.57. The van der Waals surface area contributed by atoms with E-state index in [9.17, 15) is 15.0 Å². The summed E-state index contributed by atoms with van der Waals surface area (Å²) in [6.07, 6.45) is -2.33. The molecular weight excluding hydrogens is 228 g/mol. The smallest absolute Gasteiger partial charge is 0.308 e. The topological polar surface area (TPSA) is 66.8 Å². The molecule has 2 atom stereocenters. The van der Waals surface area contributed by atoms with Gasteiger partial charge in [0.05, 0.1) is 19.1 Å². The van der Waals surface area contributed by atoms with E-state index < -0.39 is 18.2 Å². The lowest BCUT2D eigenvalue weighted by Gasteiger charge is -2.16. The highest BCUT2D eigenvalue weighted by molar-refractivity contribution is 7.10. The third-order valence-electron chi connectivity index (χ3n) is 2.22. The fourth-order valence-corrected chi connectivity index (χ4v) is 2.33. The van der Waals surface area contributed by atoms with Gasteiger partial charge in [-0.3, -0.25) is 4.79 Å². The zero-order chi connectivity index (χ0) is 12.1. The van der Waals surface area contributed by atoms with Gasteiger partial charge < -0.3 is 14.9 Å². The maximum absolute atomic E-state index is 11.1. The van der Waals surface area contributed by atoms with Crippen molar-refractivity contribution in [2.24, 2.45) is 0 Å². The molecule has 0 radical (unpaired) electrons. The summed E-state index contributed by atoms with van der Waals surface area (Å²) in [6.45, 7) is 3.83. The molecule has 2 N–H and O–H groups in total. The molecule has 0 saturated heterocycles. The van der Waals surface area contributed by atoms with Gasteiger partial charge in [-0.25, -0.2) is 0 Å². The molecule has 0 aliphatic heterocycles. The molecule has 0 saturated carbocycles. The molecule has 0 amide bonds. The standard InChI is InChI=1S/C11H16O4S/c1-3-15-9(13)6-8(12)10(14)11-7(2)4-5-16-11/h4-5,8,10,12,14H,3,6H2,1-2H3. The summed E-state index contributed by atoms with van der Waals surface area (Å²) >= 11 is 1.36. The van der Waals surface area contributed by atoms with Crippen molar-refractivity contribution in [2.75, 3.05) is 6.61 Å². The van der Waals surface area contributed by atoms with Crippen LogP contribution in [0.5, 0.6) is 0 Å². The zero-order valence-electron chi connectivity index (χ0n) is 9.34. The van der Waals surface area contributed by atoms with Crippen LogP contribution in [0.3, 0.4) is 0 Å². The number of thiophene rings is 1. The number of aliphatic hydroxyl groups excluding tert-OH is 2. The first-order valence-electron chi connectivity index (χ1n) is 5.12. The molecule has 0 aliphatic carbocycles. The Morgan fingerprint density at radius 3 is 2.75 bits per heavy atom. The SMILES string of the molecule is CCOC(=O)CC(O)C(O)c1sccc1C. The van der Waals surface area contributed by atoms with Crippen molar-refractivity contribution in [3.05, 3.63) is 21.9 Å². The number of ether oxygens (including phenoxy) is 1. The van der Waals surface area contributed by atoms with Crippen LogP contribution in [0.25, 0.3) is 0 Å². The molecule has 5 heteroatoms. The average molecular weight is 244 g/mol. The van der Waals surface area contributed by atoms with E-state index in [1.165, 1.54) is 11.3 Å². The van der Waals surface area contributed by atoms with Crippen LogP contribution in [0.1, 0.15) is 29.9 Å². The number of carbonyl (C=O) groups is 1. The van der Waals surface area contributed by atoms with Gasteiger partial charge in [0.25, 0.3) is 0 Å². The van der Waals surface area contributed by atoms with Crippen molar-refractivity contribution >= 4 is 17.3 Å². The minimum Gasteiger partial charge on any atom is -0.466 e. The predicted octanol–water partition coefficient (Wildman–Crippen LogP) is 1.40. The van der Waals surface area contributed by atoms with Crippen molar-refractivity contribution in [3.63, 3.8) is 0 Å². The Kier molecular flexibility index (Phi) is 4.92. The molecule has 0 aliphatic rings. The van der Waals surface area contributed by atoms with Crippen molar-refractivity contribution in [2.45, 2.75) is 32.5 Å². The van der Waals surface area contributed by atoms with Gasteiger partial charge in [-0.1, -0.05) is 0 Å². The lowest BCUT2D eigenvalue weighted by molar-refractivity contribution is -0.147. The van der Waals surface area contributed by atoms with Crippen LogP contribution in [-0.4, -0.2) is 28.9 Å². The summed E-state index contributed by atoms with van der Waals surface area (Å²) in [5.74, 6) is -0.497. The molecular formula is C11H16O4S. The molecule has 4 nitrogen and oxygen atoms in total. The van der Waals surface area contributed by atoms with Crippen LogP contribution in [0.2, 0.25) is 0 Å². The Hall–Kier alpha value is -0.910. The Bertz CT molecular complexity index is 348. The summed E-state index contributed by atoms with van der Waals surface area (Å²) in [5.41, 5.74) is 0.917. The van der Waals surface area contributed by atoms with Gasteiger partial charge in [0, 0.05) is 4.88 Å². The number of aliphatic hydroxyl groups is 2. The van der Waals surface area contributed by atoms with Crippen LogP contribution in [0.4, 0.5) is 0 Å². The molecule has 0 bridgehead atoms. The molecule has 0 aromatic carbocycles. The third kappa shape index (κ3) is 3.30. The summed E-state index contributed by atoms with van der Waals surface area (Å²) in [6, 6.07) is 1.86. The Morgan fingerprint density at radius 2 is 2.25 bits per heavy atom. The van der Waals surface area contributed by atoms with Gasteiger partial charge in [-0.15, -0.1) is 11.3 Å². The monoisotopic (exact) mass is 244 g/mol. The number of hydrogen-bond acceptors (Lipinski definition) is 5. The number of carbonyl (C=O) groups excluding carboxylic acids is 1. The summed E-state index contributed by atoms with van der Waals surface area (Å²) < 4.78 is 4.70. The third-order valence-corrected chi connectivity index (χ3v) is 3.31. The lowest BCUT2D eigenvalue weighted by atomic mass is 10.1. The number of aryl methyl sites for hydroxylation is 1. The van der Waals surface area contributed by atoms with Crippen molar-refractivity contribution in [1.29, 1.82) is 0 Å². The highest BCUT2D eigenvalue weighted by Crippen LogP contribution is 2.27. The molecule has 0 spiro atoms. The van der Waals surface area contributed by atoms with Crippen LogP contribution in [0, 0.1) is 6.92 Å². The van der Waals surface area contributed by atoms with Gasteiger partial charge in [-0.2, -0.15) is 0 Å². The largest absolute Gasteiger partial charge is 0.466 e. The van der Waals surface area contributed by atoms with Crippen molar-refractivity contribution in [3.8, 4) is 0 Å². The van der Waals surface area contributed by atoms with Crippen LogP contribution in [0.15, 0.2) is 11.4 Å². The lowest BCUT2D eigenvalue weighted by Crippen LogP contribution is -2.23.